The Morgan fingerprint density at radius 2 is 1.72 bits per heavy atom. The maximum atomic E-state index is 13.5. The molecule has 7 heteroatoms. The maximum absolute atomic E-state index is 13.5. The first kappa shape index (κ1) is 14.7. The van der Waals surface area contributed by atoms with E-state index >= 15 is 0 Å². The first-order chi connectivity index (χ1) is 7.94. The molecule has 0 heterocycles. The molecule has 0 amide bonds. The minimum atomic E-state index is -5.11. The quantitative estimate of drug-likeness (QED) is 0.391. The summed E-state index contributed by atoms with van der Waals surface area (Å²) in [7, 11) is -1.99. The van der Waals surface area contributed by atoms with Crippen LogP contribution in [0.3, 0.4) is 0 Å². The Bertz CT molecular complexity index is 491. The normalized spacial score (nSPS) is 12.6. The van der Waals surface area contributed by atoms with Crippen LogP contribution < -0.4 is 10.9 Å². The number of benzene rings is 1. The second-order valence-electron chi connectivity index (χ2n) is 5.00. The number of hydrogen-bond acceptors (Lipinski definition) is 2. The van der Waals surface area contributed by atoms with Crippen LogP contribution in [0.1, 0.15) is 10.4 Å². The van der Waals surface area contributed by atoms with E-state index in [2.05, 4.69) is 0 Å². The zero-order valence-electron chi connectivity index (χ0n) is 10.2. The number of halogens is 4. The molecule has 1 aromatic carbocycles. The summed E-state index contributed by atoms with van der Waals surface area (Å²) in [5, 5.41) is 0.508. The van der Waals surface area contributed by atoms with Gasteiger partial charge in [0.2, 0.25) is 0 Å². The first-order valence-electron chi connectivity index (χ1n) is 5.15. The molecular formula is C11H13F4NOSi. The number of Topliss-reactive ketones (excluding diaryl/α,β-unsaturated/α-hetero) is 1. The highest BCUT2D eigenvalue weighted by atomic mass is 28.3. The molecule has 0 fully saturated rings. The molecule has 0 aliphatic heterocycles. The molecular weight excluding hydrogens is 266 g/mol. The van der Waals surface area contributed by atoms with Gasteiger partial charge in [0.15, 0.2) is 5.82 Å². The highest BCUT2D eigenvalue weighted by molar-refractivity contribution is 6.88. The molecule has 0 spiro atoms. The Hall–Kier alpha value is -1.37. The summed E-state index contributed by atoms with van der Waals surface area (Å²) in [6, 6.07) is 2.27. The lowest BCUT2D eigenvalue weighted by atomic mass is 10.1. The largest absolute Gasteiger partial charge is 0.454 e. The molecule has 0 aromatic heterocycles. The van der Waals surface area contributed by atoms with Gasteiger partial charge in [0, 0.05) is 0 Å². The highest BCUT2D eigenvalue weighted by Crippen LogP contribution is 2.25. The van der Waals surface area contributed by atoms with Gasteiger partial charge in [-0.25, -0.2) is 4.39 Å². The number of nitrogen functional groups attached to an aromatic ring is 1. The average molecular weight is 279 g/mol. The van der Waals surface area contributed by atoms with Crippen LogP contribution in [0, 0.1) is 5.82 Å². The van der Waals surface area contributed by atoms with Gasteiger partial charge in [0.25, 0.3) is 5.78 Å². The van der Waals surface area contributed by atoms with Gasteiger partial charge >= 0.3 is 6.18 Å². The fourth-order valence-corrected chi connectivity index (χ4v) is 2.56. The monoisotopic (exact) mass is 279 g/mol. The Morgan fingerprint density at radius 1 is 1.22 bits per heavy atom. The van der Waals surface area contributed by atoms with E-state index in [0.717, 1.165) is 6.07 Å². The van der Waals surface area contributed by atoms with Crippen LogP contribution in [0.4, 0.5) is 23.2 Å². The number of nitrogens with two attached hydrogens (primary N) is 1. The second kappa shape index (κ2) is 4.38. The summed E-state index contributed by atoms with van der Waals surface area (Å²) in [5.74, 6) is -3.51. The molecule has 0 unspecified atom stereocenters. The molecule has 0 bridgehead atoms. The van der Waals surface area contributed by atoms with E-state index in [9.17, 15) is 22.4 Å². The number of hydrogen-bond donors (Lipinski definition) is 1. The highest BCUT2D eigenvalue weighted by Gasteiger charge is 2.41. The molecule has 0 atom stereocenters. The molecule has 0 saturated carbocycles. The molecule has 1 aromatic rings. The second-order valence-corrected chi connectivity index (χ2v) is 10.1. The van der Waals surface area contributed by atoms with Gasteiger partial charge in [-0.05, 0) is 12.1 Å². The standard InChI is InChI=1S/C11H13F4NOSi/c1-18(2,3)6-4-7(9(12)8(16)5-6)10(17)11(13,14)15/h4-5H,16H2,1-3H3. The molecule has 100 valence electrons. The predicted molar refractivity (Wildman–Crippen MR) is 64.2 cm³/mol. The summed E-state index contributed by atoms with van der Waals surface area (Å²) in [5.41, 5.74) is 3.90. The van der Waals surface area contributed by atoms with Crippen LogP contribution in [0.5, 0.6) is 0 Å². The SMILES string of the molecule is C[Si](C)(C)c1cc(N)c(F)c(C(=O)C(F)(F)F)c1. The smallest absolute Gasteiger partial charge is 0.396 e. The van der Waals surface area contributed by atoms with Crippen LogP contribution in [-0.2, 0) is 0 Å². The van der Waals surface area contributed by atoms with Crippen molar-refractivity contribution in [1.82, 2.24) is 0 Å². The Labute approximate surface area is 103 Å². The molecule has 1 rings (SSSR count). The fraction of sp³-hybridized carbons (Fsp3) is 0.364. The van der Waals surface area contributed by atoms with Crippen molar-refractivity contribution < 1.29 is 22.4 Å². The lowest BCUT2D eigenvalue weighted by Gasteiger charge is -2.19. The van der Waals surface area contributed by atoms with Crippen molar-refractivity contribution in [3.8, 4) is 0 Å². The zero-order chi connectivity index (χ0) is 14.3. The molecule has 18 heavy (non-hydrogen) atoms. The Balaban J connectivity index is 3.46. The van der Waals surface area contributed by atoms with Crippen molar-refractivity contribution in [1.29, 1.82) is 0 Å². The number of rotatable bonds is 2. The van der Waals surface area contributed by atoms with Gasteiger partial charge in [-0.1, -0.05) is 24.8 Å². The summed E-state index contributed by atoms with van der Waals surface area (Å²) in [6.07, 6.45) is -5.11. The molecule has 0 radical (unpaired) electrons. The molecule has 0 aliphatic carbocycles. The van der Waals surface area contributed by atoms with E-state index in [1.807, 2.05) is 19.6 Å². The minimum absolute atomic E-state index is 0.428. The van der Waals surface area contributed by atoms with Gasteiger partial charge in [0.05, 0.1) is 19.3 Å². The van der Waals surface area contributed by atoms with Gasteiger partial charge in [-0.15, -0.1) is 0 Å². The van der Waals surface area contributed by atoms with E-state index in [0.29, 0.717) is 5.19 Å². The summed E-state index contributed by atoms with van der Waals surface area (Å²) >= 11 is 0. The first-order valence-corrected chi connectivity index (χ1v) is 8.65. The van der Waals surface area contributed by atoms with Gasteiger partial charge in [-0.2, -0.15) is 13.2 Å². The summed E-state index contributed by atoms with van der Waals surface area (Å²) in [6.45, 7) is 5.59. The zero-order valence-corrected chi connectivity index (χ0v) is 11.2. The molecule has 0 aliphatic rings. The number of ketones is 1. The van der Waals surface area contributed by atoms with Crippen LogP contribution in [0.2, 0.25) is 19.6 Å². The third-order valence-electron chi connectivity index (χ3n) is 2.47. The average Bonchev–Trinajstić information content (AvgIpc) is 2.17. The van der Waals surface area contributed by atoms with E-state index in [1.165, 1.54) is 6.07 Å². The maximum Gasteiger partial charge on any atom is 0.454 e. The van der Waals surface area contributed by atoms with E-state index in [-0.39, 0.29) is 0 Å². The lowest BCUT2D eigenvalue weighted by Crippen LogP contribution is -2.39. The third-order valence-corrected chi connectivity index (χ3v) is 4.49. The Morgan fingerprint density at radius 3 is 2.11 bits per heavy atom. The van der Waals surface area contributed by atoms with Crippen LogP contribution >= 0.6 is 0 Å². The topological polar surface area (TPSA) is 43.1 Å². The minimum Gasteiger partial charge on any atom is -0.396 e. The number of alkyl halides is 3. The lowest BCUT2D eigenvalue weighted by molar-refractivity contribution is -0.0887. The van der Waals surface area contributed by atoms with Crippen molar-refractivity contribution in [2.24, 2.45) is 0 Å². The van der Waals surface area contributed by atoms with Crippen molar-refractivity contribution in [3.05, 3.63) is 23.5 Å². The Kier molecular flexibility index (Phi) is 3.57. The van der Waals surface area contributed by atoms with Crippen LogP contribution in [0.15, 0.2) is 12.1 Å². The number of anilines is 1. The van der Waals surface area contributed by atoms with E-state index < -0.39 is 37.1 Å². The number of carbonyl (C=O) groups is 1. The fourth-order valence-electron chi connectivity index (χ4n) is 1.40. The van der Waals surface area contributed by atoms with Gasteiger partial charge in [-0.3, -0.25) is 4.79 Å². The third kappa shape index (κ3) is 2.90. The van der Waals surface area contributed by atoms with Crippen molar-refractivity contribution in [2.45, 2.75) is 25.8 Å². The molecule has 2 N–H and O–H groups in total. The van der Waals surface area contributed by atoms with E-state index in [4.69, 9.17) is 5.73 Å². The van der Waals surface area contributed by atoms with Crippen LogP contribution in [-0.4, -0.2) is 20.0 Å². The number of carbonyl (C=O) groups excluding carboxylic acids is 1. The van der Waals surface area contributed by atoms with Gasteiger partial charge in [0.1, 0.15) is 0 Å². The summed E-state index contributed by atoms with van der Waals surface area (Å²) < 4.78 is 50.5. The summed E-state index contributed by atoms with van der Waals surface area (Å²) in [4.78, 5) is 11.1. The van der Waals surface area contributed by atoms with Crippen molar-refractivity contribution in [2.75, 3.05) is 5.73 Å². The molecule has 0 saturated heterocycles. The van der Waals surface area contributed by atoms with Crippen molar-refractivity contribution >= 4 is 24.7 Å². The van der Waals surface area contributed by atoms with Crippen molar-refractivity contribution in [3.63, 3.8) is 0 Å². The van der Waals surface area contributed by atoms with Crippen LogP contribution in [0.25, 0.3) is 0 Å². The van der Waals surface area contributed by atoms with E-state index in [1.54, 1.807) is 0 Å². The predicted octanol–water partition coefficient (Wildman–Crippen LogP) is 2.70. The molecule has 2 nitrogen and oxygen atoms in total. The van der Waals surface area contributed by atoms with Gasteiger partial charge < -0.3 is 5.73 Å².